The fraction of sp³-hybridized carbons (Fsp3) is 1.00. The summed E-state index contributed by atoms with van der Waals surface area (Å²) in [5.74, 6) is 0. The Morgan fingerprint density at radius 1 is 0.200 bits per heavy atom. The minimum Gasteiger partial charge on any atom is -0.206 e. The van der Waals surface area contributed by atoms with E-state index in [1.165, 1.54) is 231 Å². The van der Waals surface area contributed by atoms with Gasteiger partial charge in [0.05, 0.1) is 13.2 Å². The summed E-state index contributed by atoms with van der Waals surface area (Å²) in [6.07, 6.45) is 53.3. The Balaban J connectivity index is 3.03. The van der Waals surface area contributed by atoms with Crippen LogP contribution in [0.5, 0.6) is 0 Å². The molecular formula is C42H86O3. The SMILES string of the molecule is CCCCCCCCCCCCCCCCCCCCCOOOCCCCCCCCCCCCCCCCCCCCC. The summed E-state index contributed by atoms with van der Waals surface area (Å²) in [7, 11) is 0. The molecule has 0 aromatic heterocycles. The number of rotatable bonds is 42. The normalized spacial score (nSPS) is 11.6. The molecule has 0 spiro atoms. The topological polar surface area (TPSA) is 27.7 Å². The zero-order valence-electron chi connectivity index (χ0n) is 31.5. The predicted octanol–water partition coefficient (Wildman–Crippen LogP) is 15.7. The van der Waals surface area contributed by atoms with E-state index in [-0.39, 0.29) is 0 Å². The number of unbranched alkanes of at least 4 members (excludes halogenated alkanes) is 36. The second-order valence-electron chi connectivity index (χ2n) is 14.4. The van der Waals surface area contributed by atoms with Gasteiger partial charge >= 0.3 is 0 Å². The lowest BCUT2D eigenvalue weighted by Crippen LogP contribution is -2.00. The molecule has 0 saturated carbocycles. The molecular weight excluding hydrogens is 552 g/mol. The van der Waals surface area contributed by atoms with Gasteiger partial charge in [0.2, 0.25) is 0 Å². The van der Waals surface area contributed by atoms with Crippen molar-refractivity contribution in [3.05, 3.63) is 0 Å². The first kappa shape index (κ1) is 44.9. The van der Waals surface area contributed by atoms with Gasteiger partial charge in [-0.05, 0) is 12.8 Å². The van der Waals surface area contributed by atoms with Crippen LogP contribution in [0.2, 0.25) is 0 Å². The van der Waals surface area contributed by atoms with Crippen LogP contribution in [-0.4, -0.2) is 13.2 Å². The van der Waals surface area contributed by atoms with E-state index in [2.05, 4.69) is 13.8 Å². The molecule has 0 saturated heterocycles. The van der Waals surface area contributed by atoms with Gasteiger partial charge in [-0.3, -0.25) is 0 Å². The Bertz CT molecular complexity index is 441. The van der Waals surface area contributed by atoms with E-state index in [9.17, 15) is 0 Å². The van der Waals surface area contributed by atoms with Crippen LogP contribution in [0.25, 0.3) is 0 Å². The molecule has 272 valence electrons. The quantitative estimate of drug-likeness (QED) is 0.0378. The van der Waals surface area contributed by atoms with E-state index in [4.69, 9.17) is 14.8 Å². The standard InChI is InChI=1S/C42H86O3/c1-3-5-7-9-11-13-15-17-19-21-23-25-27-29-31-33-35-37-39-41-43-45-44-42-40-38-36-34-32-30-28-26-24-22-20-18-16-14-12-10-8-6-4-2/h3-42H2,1-2H3. The summed E-state index contributed by atoms with van der Waals surface area (Å²) in [4.78, 5) is 10.4. The molecule has 3 heteroatoms. The molecule has 0 unspecified atom stereocenters. The van der Waals surface area contributed by atoms with E-state index in [1.54, 1.807) is 0 Å². The molecule has 45 heavy (non-hydrogen) atoms. The summed E-state index contributed by atoms with van der Waals surface area (Å²) >= 11 is 0. The van der Waals surface area contributed by atoms with Gasteiger partial charge in [-0.15, -0.1) is 0 Å². The third kappa shape index (κ3) is 43.9. The molecule has 0 fully saturated rings. The van der Waals surface area contributed by atoms with E-state index >= 15 is 0 Å². The molecule has 0 atom stereocenters. The second-order valence-corrected chi connectivity index (χ2v) is 14.4. The monoisotopic (exact) mass is 639 g/mol. The Morgan fingerprint density at radius 3 is 0.533 bits per heavy atom. The molecule has 3 nitrogen and oxygen atoms in total. The lowest BCUT2D eigenvalue weighted by molar-refractivity contribution is -0.512. The molecule has 0 rings (SSSR count). The van der Waals surface area contributed by atoms with Gasteiger partial charge in [0, 0.05) is 0 Å². The average molecular weight is 639 g/mol. The Hall–Kier alpha value is -0.120. The highest BCUT2D eigenvalue weighted by Crippen LogP contribution is 2.16. The van der Waals surface area contributed by atoms with Gasteiger partial charge < -0.3 is 0 Å². The molecule has 0 aliphatic heterocycles. The Kier molecular flexibility index (Phi) is 43.8. The lowest BCUT2D eigenvalue weighted by atomic mass is 10.0. The smallest absolute Gasteiger partial charge is 0.0853 e. The maximum Gasteiger partial charge on any atom is 0.0853 e. The summed E-state index contributed by atoms with van der Waals surface area (Å²) < 4.78 is 0. The van der Waals surface area contributed by atoms with Crippen LogP contribution in [0, 0.1) is 0 Å². The minimum absolute atomic E-state index is 0.651. The molecule has 0 aliphatic carbocycles. The fourth-order valence-corrected chi connectivity index (χ4v) is 6.58. The number of hydrogen-bond acceptors (Lipinski definition) is 3. The molecule has 0 aromatic carbocycles. The van der Waals surface area contributed by atoms with Gasteiger partial charge in [-0.25, -0.2) is 9.78 Å². The summed E-state index contributed by atoms with van der Waals surface area (Å²) in [5, 5.41) is 4.91. The van der Waals surface area contributed by atoms with E-state index in [1.807, 2.05) is 0 Å². The van der Waals surface area contributed by atoms with Crippen molar-refractivity contribution < 1.29 is 14.8 Å². The largest absolute Gasteiger partial charge is 0.206 e. The Morgan fingerprint density at radius 2 is 0.356 bits per heavy atom. The first-order chi connectivity index (χ1) is 22.4. The highest BCUT2D eigenvalue weighted by molar-refractivity contribution is 4.52. The van der Waals surface area contributed by atoms with Crippen molar-refractivity contribution in [1.82, 2.24) is 0 Å². The third-order valence-corrected chi connectivity index (χ3v) is 9.76. The van der Waals surface area contributed by atoms with Crippen molar-refractivity contribution in [2.45, 2.75) is 258 Å². The van der Waals surface area contributed by atoms with Crippen LogP contribution in [-0.2, 0) is 14.8 Å². The third-order valence-electron chi connectivity index (χ3n) is 9.76. The molecule has 0 aliphatic rings. The number of hydrogen-bond donors (Lipinski definition) is 0. The van der Waals surface area contributed by atoms with Crippen molar-refractivity contribution >= 4 is 0 Å². The van der Waals surface area contributed by atoms with Gasteiger partial charge in [0.25, 0.3) is 0 Å². The first-order valence-corrected chi connectivity index (χ1v) is 21.3. The summed E-state index contributed by atoms with van der Waals surface area (Å²) in [5.41, 5.74) is 0. The van der Waals surface area contributed by atoms with Crippen molar-refractivity contribution in [3.8, 4) is 0 Å². The van der Waals surface area contributed by atoms with Crippen LogP contribution < -0.4 is 0 Å². The van der Waals surface area contributed by atoms with Crippen molar-refractivity contribution in [2.75, 3.05) is 13.2 Å². The van der Waals surface area contributed by atoms with Crippen molar-refractivity contribution in [3.63, 3.8) is 0 Å². The van der Waals surface area contributed by atoms with Gasteiger partial charge in [0.15, 0.2) is 0 Å². The maximum absolute atomic E-state index is 5.19. The van der Waals surface area contributed by atoms with Crippen LogP contribution in [0.4, 0.5) is 0 Å². The molecule has 0 radical (unpaired) electrons. The van der Waals surface area contributed by atoms with E-state index in [0.717, 1.165) is 12.8 Å². The molecule has 0 amide bonds. The van der Waals surface area contributed by atoms with Gasteiger partial charge in [-0.2, -0.15) is 0 Å². The predicted molar refractivity (Wildman–Crippen MR) is 200 cm³/mol. The molecule has 0 bridgehead atoms. The maximum atomic E-state index is 5.19. The summed E-state index contributed by atoms with van der Waals surface area (Å²) in [6, 6.07) is 0. The van der Waals surface area contributed by atoms with Crippen LogP contribution in [0.15, 0.2) is 0 Å². The molecule has 0 N–H and O–H groups in total. The van der Waals surface area contributed by atoms with Gasteiger partial charge in [-0.1, -0.05) is 250 Å². The van der Waals surface area contributed by atoms with Crippen LogP contribution in [0.3, 0.4) is 0 Å². The Labute approximate surface area is 285 Å². The highest BCUT2D eigenvalue weighted by Gasteiger charge is 1.98. The zero-order chi connectivity index (χ0) is 32.4. The van der Waals surface area contributed by atoms with E-state index in [0.29, 0.717) is 13.2 Å². The van der Waals surface area contributed by atoms with Crippen LogP contribution >= 0.6 is 0 Å². The minimum atomic E-state index is 0.651. The van der Waals surface area contributed by atoms with Gasteiger partial charge in [0.1, 0.15) is 0 Å². The summed E-state index contributed by atoms with van der Waals surface area (Å²) in [6.45, 7) is 5.90. The molecule has 0 heterocycles. The van der Waals surface area contributed by atoms with Crippen molar-refractivity contribution in [1.29, 1.82) is 0 Å². The zero-order valence-corrected chi connectivity index (χ0v) is 31.5. The molecule has 0 aromatic rings. The second kappa shape index (κ2) is 43.9. The lowest BCUT2D eigenvalue weighted by Gasteiger charge is -2.05. The highest BCUT2D eigenvalue weighted by atomic mass is 17.5. The van der Waals surface area contributed by atoms with E-state index < -0.39 is 0 Å². The van der Waals surface area contributed by atoms with Crippen molar-refractivity contribution in [2.24, 2.45) is 0 Å². The first-order valence-electron chi connectivity index (χ1n) is 21.3. The fourth-order valence-electron chi connectivity index (χ4n) is 6.58. The average Bonchev–Trinajstić information content (AvgIpc) is 3.05. The van der Waals surface area contributed by atoms with Crippen LogP contribution in [0.1, 0.15) is 258 Å².